The van der Waals surface area contributed by atoms with Crippen molar-refractivity contribution >= 4 is 33.0 Å². The van der Waals surface area contributed by atoms with Gasteiger partial charge >= 0.3 is 6.18 Å². The summed E-state index contributed by atoms with van der Waals surface area (Å²) in [5.74, 6) is -0.114. The fraction of sp³-hybridized carbons (Fsp3) is 0.407. The molecule has 0 atom stereocenters. The number of thiazole rings is 1. The lowest BCUT2D eigenvalue weighted by Gasteiger charge is -2.36. The van der Waals surface area contributed by atoms with E-state index >= 15 is 0 Å². The van der Waals surface area contributed by atoms with E-state index in [0.29, 0.717) is 63.5 Å². The monoisotopic (exact) mass is 578 g/mol. The first-order valence-corrected chi connectivity index (χ1v) is 15.3. The summed E-state index contributed by atoms with van der Waals surface area (Å²) in [6.07, 6.45) is -3.11. The van der Waals surface area contributed by atoms with Crippen LogP contribution in [0, 0.1) is 0 Å². The number of hydrogen-bond donors (Lipinski definition) is 0. The second kappa shape index (κ2) is 11.3. The van der Waals surface area contributed by atoms with Gasteiger partial charge in [0, 0.05) is 56.3 Å². The molecule has 2 aliphatic heterocycles. The number of sulfonamides is 1. The van der Waals surface area contributed by atoms with Gasteiger partial charge in [0.05, 0.1) is 16.3 Å². The highest BCUT2D eigenvalue weighted by atomic mass is 32.2. The molecule has 0 N–H and O–H groups in total. The largest absolute Gasteiger partial charge is 0.416 e. The minimum atomic E-state index is -4.40. The van der Waals surface area contributed by atoms with Crippen LogP contribution in [0.25, 0.3) is 0 Å². The lowest BCUT2D eigenvalue weighted by molar-refractivity contribution is -0.137. The number of carbonyl (C=O) groups excluding carboxylic acids is 1. The van der Waals surface area contributed by atoms with E-state index in [4.69, 9.17) is 0 Å². The van der Waals surface area contributed by atoms with E-state index in [1.54, 1.807) is 20.7 Å². The number of rotatable bonds is 6. The normalized spacial score (nSPS) is 17.9. The zero-order chi connectivity index (χ0) is 27.6. The van der Waals surface area contributed by atoms with Crippen LogP contribution in [-0.2, 0) is 22.0 Å². The number of piperazine rings is 1. The van der Waals surface area contributed by atoms with Gasteiger partial charge in [-0.05, 0) is 36.6 Å². The maximum Gasteiger partial charge on any atom is 0.416 e. The van der Waals surface area contributed by atoms with E-state index in [1.165, 1.54) is 17.4 Å². The maximum absolute atomic E-state index is 13.1. The van der Waals surface area contributed by atoms with E-state index in [9.17, 15) is 26.4 Å². The molecular formula is C27H29F3N4O3S2. The summed E-state index contributed by atoms with van der Waals surface area (Å²) in [6.45, 7) is 2.47. The highest BCUT2D eigenvalue weighted by molar-refractivity contribution is 7.88. The molecule has 3 heterocycles. The Morgan fingerprint density at radius 2 is 1.64 bits per heavy atom. The van der Waals surface area contributed by atoms with Crippen molar-refractivity contribution in [3.05, 3.63) is 81.8 Å². The molecule has 1 aromatic heterocycles. The number of piperidine rings is 1. The topological polar surface area (TPSA) is 73.8 Å². The predicted octanol–water partition coefficient (Wildman–Crippen LogP) is 4.83. The summed E-state index contributed by atoms with van der Waals surface area (Å²) >= 11 is 1.42. The molecule has 2 saturated heterocycles. The summed E-state index contributed by atoms with van der Waals surface area (Å²) in [5, 5.41) is 2.58. The quantitative estimate of drug-likeness (QED) is 0.419. The molecule has 39 heavy (non-hydrogen) atoms. The van der Waals surface area contributed by atoms with Gasteiger partial charge in [-0.1, -0.05) is 36.4 Å². The number of alkyl halides is 3. The average Bonchev–Trinajstić information content (AvgIpc) is 3.43. The summed E-state index contributed by atoms with van der Waals surface area (Å²) in [7, 11) is -3.40. The molecule has 3 aromatic rings. The van der Waals surface area contributed by atoms with Crippen molar-refractivity contribution in [2.45, 2.75) is 30.7 Å². The lowest BCUT2D eigenvalue weighted by atomic mass is 9.99. The van der Waals surface area contributed by atoms with Gasteiger partial charge < -0.3 is 9.80 Å². The molecule has 2 aliphatic rings. The second-order valence-electron chi connectivity index (χ2n) is 9.81. The number of amides is 1. The van der Waals surface area contributed by atoms with Crippen molar-refractivity contribution in [1.29, 1.82) is 0 Å². The van der Waals surface area contributed by atoms with Gasteiger partial charge in [-0.25, -0.2) is 17.7 Å². The molecule has 5 rings (SSSR count). The van der Waals surface area contributed by atoms with Gasteiger partial charge in [-0.15, -0.1) is 11.3 Å². The number of aromatic nitrogens is 1. The van der Waals surface area contributed by atoms with Crippen molar-refractivity contribution in [3.8, 4) is 0 Å². The molecule has 0 spiro atoms. The van der Waals surface area contributed by atoms with Crippen LogP contribution in [-0.4, -0.2) is 67.8 Å². The highest BCUT2D eigenvalue weighted by Crippen LogP contribution is 2.33. The Hall–Kier alpha value is -2.96. The summed E-state index contributed by atoms with van der Waals surface area (Å²) < 4.78 is 66.5. The van der Waals surface area contributed by atoms with Gasteiger partial charge in [0.1, 0.15) is 5.69 Å². The minimum Gasteiger partial charge on any atom is -0.368 e. The number of anilines is 1. The van der Waals surface area contributed by atoms with Gasteiger partial charge in [0.15, 0.2) is 0 Å². The zero-order valence-electron chi connectivity index (χ0n) is 21.2. The van der Waals surface area contributed by atoms with Crippen LogP contribution in [0.2, 0.25) is 0 Å². The van der Waals surface area contributed by atoms with E-state index in [0.717, 1.165) is 22.7 Å². The van der Waals surface area contributed by atoms with Crippen LogP contribution < -0.4 is 4.90 Å². The third-order valence-corrected chi connectivity index (χ3v) is 10.1. The van der Waals surface area contributed by atoms with Crippen molar-refractivity contribution in [2.75, 3.05) is 44.2 Å². The summed E-state index contributed by atoms with van der Waals surface area (Å²) in [6, 6.07) is 14.4. The van der Waals surface area contributed by atoms with Crippen molar-refractivity contribution in [2.24, 2.45) is 0 Å². The molecule has 0 radical (unpaired) electrons. The van der Waals surface area contributed by atoms with Gasteiger partial charge in [0.25, 0.3) is 5.91 Å². The number of hydrogen-bond acceptors (Lipinski definition) is 6. The van der Waals surface area contributed by atoms with E-state index in [2.05, 4.69) is 4.98 Å². The standard InChI is InChI=1S/C27H29F3N4O3S2/c28-27(29,30)22-7-4-8-23(17-22)32-13-15-33(16-14-32)26(35)24-18-38-25(31-24)21-9-11-34(12-10-21)39(36,37)19-20-5-2-1-3-6-20/h1-8,17-18,21H,9-16,19H2. The van der Waals surface area contributed by atoms with Gasteiger partial charge in [0.2, 0.25) is 10.0 Å². The van der Waals surface area contributed by atoms with E-state index in [1.807, 2.05) is 35.2 Å². The smallest absolute Gasteiger partial charge is 0.368 e. The first-order chi connectivity index (χ1) is 18.6. The van der Waals surface area contributed by atoms with Gasteiger partial charge in [-0.3, -0.25) is 4.79 Å². The SMILES string of the molecule is O=C(c1csc(C2CCN(S(=O)(=O)Cc3ccccc3)CC2)n1)N1CCN(c2cccc(C(F)(F)F)c2)CC1. The van der Waals surface area contributed by atoms with Crippen LogP contribution in [0.3, 0.4) is 0 Å². The highest BCUT2D eigenvalue weighted by Gasteiger charge is 2.33. The first-order valence-electron chi connectivity index (χ1n) is 12.8. The minimum absolute atomic E-state index is 0.0184. The summed E-state index contributed by atoms with van der Waals surface area (Å²) in [4.78, 5) is 21.2. The summed E-state index contributed by atoms with van der Waals surface area (Å²) in [5.41, 5.74) is 0.929. The second-order valence-corrected chi connectivity index (χ2v) is 12.7. The van der Waals surface area contributed by atoms with Crippen LogP contribution >= 0.6 is 11.3 Å². The molecule has 2 aromatic carbocycles. The Balaban J connectivity index is 1.14. The molecular weight excluding hydrogens is 549 g/mol. The van der Waals surface area contributed by atoms with Crippen molar-refractivity contribution in [3.63, 3.8) is 0 Å². The Bertz CT molecular complexity index is 1400. The van der Waals surface area contributed by atoms with Crippen LogP contribution in [0.1, 0.15) is 45.4 Å². The Kier molecular flexibility index (Phi) is 7.97. The molecule has 12 heteroatoms. The molecule has 0 saturated carbocycles. The first kappa shape index (κ1) is 27.6. The fourth-order valence-electron chi connectivity index (χ4n) is 5.04. The number of nitrogens with zero attached hydrogens (tertiary/aromatic N) is 4. The van der Waals surface area contributed by atoms with Crippen LogP contribution in [0.15, 0.2) is 60.0 Å². The molecule has 0 aliphatic carbocycles. The van der Waals surface area contributed by atoms with E-state index in [-0.39, 0.29) is 17.6 Å². The molecule has 208 valence electrons. The fourth-order valence-corrected chi connectivity index (χ4v) is 7.57. The van der Waals surface area contributed by atoms with Crippen molar-refractivity contribution in [1.82, 2.24) is 14.2 Å². The third-order valence-electron chi connectivity index (χ3n) is 7.24. The van der Waals surface area contributed by atoms with Crippen LogP contribution in [0.4, 0.5) is 18.9 Å². The Labute approximate surface area is 229 Å². The third kappa shape index (κ3) is 6.44. The average molecular weight is 579 g/mol. The molecule has 1 amide bonds. The predicted molar refractivity (Wildman–Crippen MR) is 144 cm³/mol. The zero-order valence-corrected chi connectivity index (χ0v) is 22.8. The van der Waals surface area contributed by atoms with Crippen LogP contribution in [0.5, 0.6) is 0 Å². The number of halogens is 3. The Morgan fingerprint density at radius 1 is 0.949 bits per heavy atom. The Morgan fingerprint density at radius 3 is 2.31 bits per heavy atom. The maximum atomic E-state index is 13.1. The molecule has 7 nitrogen and oxygen atoms in total. The molecule has 2 fully saturated rings. The lowest BCUT2D eigenvalue weighted by Crippen LogP contribution is -2.49. The van der Waals surface area contributed by atoms with E-state index < -0.39 is 21.8 Å². The van der Waals surface area contributed by atoms with Crippen molar-refractivity contribution < 1.29 is 26.4 Å². The molecule has 0 bridgehead atoms. The number of carbonyl (C=O) groups is 1. The van der Waals surface area contributed by atoms with Gasteiger partial charge in [-0.2, -0.15) is 13.2 Å². The number of benzene rings is 2. The molecule has 0 unspecified atom stereocenters.